The van der Waals surface area contributed by atoms with Crippen LogP contribution in [0.2, 0.25) is 10.0 Å². The van der Waals surface area contributed by atoms with Crippen molar-refractivity contribution in [1.29, 1.82) is 5.26 Å². The Morgan fingerprint density at radius 3 is 2.32 bits per heavy atom. The maximum Gasteiger partial charge on any atom is 0.269 e. The number of aryl methyl sites for hydroxylation is 1. The summed E-state index contributed by atoms with van der Waals surface area (Å²) >= 11 is 13.7. The average Bonchev–Trinajstić information content (AvgIpc) is 3.13. The zero-order valence-corrected chi connectivity index (χ0v) is 20.4. The molecular formula is C26H19Cl2N3O2S. The van der Waals surface area contributed by atoms with E-state index in [9.17, 15) is 14.9 Å². The van der Waals surface area contributed by atoms with Gasteiger partial charge < -0.3 is 5.32 Å². The highest BCUT2D eigenvalue weighted by Crippen LogP contribution is 2.42. The van der Waals surface area contributed by atoms with Crippen LogP contribution < -0.4 is 10.2 Å². The molecule has 1 heterocycles. The Balaban J connectivity index is 1.75. The molecule has 0 aromatic heterocycles. The normalized spacial score (nSPS) is 16.8. The van der Waals surface area contributed by atoms with E-state index in [4.69, 9.17) is 23.2 Å². The largest absolute Gasteiger partial charge is 0.320 e. The van der Waals surface area contributed by atoms with Gasteiger partial charge in [-0.3, -0.25) is 14.5 Å². The predicted molar refractivity (Wildman–Crippen MR) is 138 cm³/mol. The van der Waals surface area contributed by atoms with Crippen molar-refractivity contribution in [2.75, 3.05) is 10.2 Å². The van der Waals surface area contributed by atoms with Crippen LogP contribution in [0.3, 0.4) is 0 Å². The lowest BCUT2D eigenvalue weighted by Crippen LogP contribution is -2.31. The molecule has 1 atom stereocenters. The van der Waals surface area contributed by atoms with E-state index in [-0.39, 0.29) is 16.5 Å². The molecule has 8 heteroatoms. The third-order valence-corrected chi connectivity index (χ3v) is 7.24. The lowest BCUT2D eigenvalue weighted by atomic mass is 10.1. The molecule has 1 saturated heterocycles. The zero-order valence-electron chi connectivity index (χ0n) is 18.1. The number of anilines is 2. The van der Waals surface area contributed by atoms with E-state index >= 15 is 0 Å². The number of carbonyl (C=O) groups is 2. The predicted octanol–water partition coefficient (Wildman–Crippen LogP) is 6.37. The summed E-state index contributed by atoms with van der Waals surface area (Å²) in [6.07, 6.45) is 0.361. The number of nitrogens with zero attached hydrogens (tertiary/aromatic N) is 2. The fraction of sp³-hybridized carbons (Fsp3) is 0.115. The van der Waals surface area contributed by atoms with Gasteiger partial charge >= 0.3 is 0 Å². The summed E-state index contributed by atoms with van der Waals surface area (Å²) in [6, 6.07) is 23.4. The molecule has 0 spiro atoms. The molecular weight excluding hydrogens is 489 g/mol. The lowest BCUT2D eigenvalue weighted by molar-refractivity contribution is -0.117. The van der Waals surface area contributed by atoms with Crippen LogP contribution in [0.1, 0.15) is 11.1 Å². The molecule has 1 N–H and O–H groups in total. The smallest absolute Gasteiger partial charge is 0.269 e. The van der Waals surface area contributed by atoms with Crippen LogP contribution in [-0.4, -0.2) is 17.1 Å². The highest BCUT2D eigenvalue weighted by Gasteiger charge is 2.41. The van der Waals surface area contributed by atoms with E-state index < -0.39 is 11.2 Å². The number of rotatable bonds is 5. The summed E-state index contributed by atoms with van der Waals surface area (Å²) in [7, 11) is 0. The fourth-order valence-corrected chi connectivity index (χ4v) is 5.22. The number of nitrogens with one attached hydrogen (secondary N) is 1. The first-order chi connectivity index (χ1) is 16.4. The Morgan fingerprint density at radius 1 is 1.03 bits per heavy atom. The van der Waals surface area contributed by atoms with Crippen LogP contribution in [-0.2, 0) is 16.0 Å². The molecule has 2 amide bonds. The average molecular weight is 508 g/mol. The van der Waals surface area contributed by atoms with Crippen molar-refractivity contribution in [3.8, 4) is 6.07 Å². The molecule has 1 fully saturated rings. The van der Waals surface area contributed by atoms with Crippen LogP contribution in [0.4, 0.5) is 11.4 Å². The van der Waals surface area contributed by atoms with Gasteiger partial charge in [0.05, 0.1) is 16.0 Å². The van der Waals surface area contributed by atoms with Crippen molar-refractivity contribution < 1.29 is 9.59 Å². The maximum absolute atomic E-state index is 13.5. The quantitative estimate of drug-likeness (QED) is 0.321. The molecule has 0 unspecified atom stereocenters. The fourth-order valence-electron chi connectivity index (χ4n) is 3.53. The van der Waals surface area contributed by atoms with Crippen LogP contribution in [0.25, 0.3) is 0 Å². The molecule has 0 radical (unpaired) electrons. The number of nitriles is 1. The van der Waals surface area contributed by atoms with Crippen molar-refractivity contribution in [1.82, 2.24) is 0 Å². The SMILES string of the molecule is Cc1ccc(N2C(=O)[C@@H](Cc3ccccc3Cl)S/C2=C(/C#N)C(=O)Nc2ccccc2Cl)cc1. The molecule has 0 aliphatic carbocycles. The van der Waals surface area contributed by atoms with E-state index in [1.807, 2.05) is 43.3 Å². The molecule has 1 aliphatic rings. The van der Waals surface area contributed by atoms with Gasteiger partial charge in [-0.25, -0.2) is 0 Å². The van der Waals surface area contributed by atoms with Crippen LogP contribution in [0, 0.1) is 18.3 Å². The minimum absolute atomic E-state index is 0.166. The second kappa shape index (κ2) is 10.4. The molecule has 3 aromatic carbocycles. The third-order valence-electron chi connectivity index (χ3n) is 5.28. The minimum Gasteiger partial charge on any atom is -0.320 e. The van der Waals surface area contributed by atoms with Gasteiger partial charge in [-0.15, -0.1) is 0 Å². The summed E-state index contributed by atoms with van der Waals surface area (Å²) in [4.78, 5) is 28.1. The monoisotopic (exact) mass is 507 g/mol. The summed E-state index contributed by atoms with van der Waals surface area (Å²) in [5, 5.41) is 13.3. The van der Waals surface area contributed by atoms with Crippen molar-refractivity contribution in [2.45, 2.75) is 18.6 Å². The summed E-state index contributed by atoms with van der Waals surface area (Å²) in [5.41, 5.74) is 2.64. The molecule has 170 valence electrons. The standard InChI is InChI=1S/C26H19Cl2N3O2S/c1-16-10-12-18(13-11-16)31-25(33)23(14-17-6-2-3-7-20(17)27)34-26(31)19(15-29)24(32)30-22-9-5-4-8-21(22)28/h2-13,23H,14H2,1H3,(H,30,32)/b26-19-/t23-/m1/s1. The molecule has 0 bridgehead atoms. The van der Waals surface area contributed by atoms with E-state index in [0.717, 1.165) is 11.1 Å². The van der Waals surface area contributed by atoms with E-state index in [1.54, 1.807) is 42.5 Å². The third kappa shape index (κ3) is 4.97. The van der Waals surface area contributed by atoms with Crippen molar-refractivity contribution in [2.24, 2.45) is 0 Å². The summed E-state index contributed by atoms with van der Waals surface area (Å²) in [6.45, 7) is 1.94. The van der Waals surface area contributed by atoms with Gasteiger partial charge in [0.1, 0.15) is 16.7 Å². The van der Waals surface area contributed by atoms with Crippen molar-refractivity contribution in [3.63, 3.8) is 0 Å². The molecule has 34 heavy (non-hydrogen) atoms. The van der Waals surface area contributed by atoms with Gasteiger partial charge in [-0.1, -0.05) is 83.0 Å². The molecule has 1 aliphatic heterocycles. The Bertz CT molecular complexity index is 1330. The maximum atomic E-state index is 13.5. The number of hydrogen-bond acceptors (Lipinski definition) is 4. The second-order valence-electron chi connectivity index (χ2n) is 7.64. The number of amides is 2. The number of carbonyl (C=O) groups excluding carboxylic acids is 2. The van der Waals surface area contributed by atoms with Gasteiger partial charge in [0.25, 0.3) is 5.91 Å². The van der Waals surface area contributed by atoms with Gasteiger partial charge in [-0.2, -0.15) is 5.26 Å². The second-order valence-corrected chi connectivity index (χ2v) is 9.64. The lowest BCUT2D eigenvalue weighted by Gasteiger charge is -2.19. The minimum atomic E-state index is -0.638. The highest BCUT2D eigenvalue weighted by molar-refractivity contribution is 8.05. The Kier molecular flexibility index (Phi) is 7.28. The molecule has 5 nitrogen and oxygen atoms in total. The van der Waals surface area contributed by atoms with E-state index in [1.165, 1.54) is 16.7 Å². The van der Waals surface area contributed by atoms with E-state index in [2.05, 4.69) is 5.32 Å². The first-order valence-corrected chi connectivity index (χ1v) is 12.0. The first-order valence-electron chi connectivity index (χ1n) is 10.4. The molecule has 4 rings (SSSR count). The first kappa shape index (κ1) is 23.9. The van der Waals surface area contributed by atoms with Gasteiger partial charge in [0.2, 0.25) is 5.91 Å². The Labute approximate surface area is 212 Å². The number of thioether (sulfide) groups is 1. The Morgan fingerprint density at radius 2 is 1.68 bits per heavy atom. The summed E-state index contributed by atoms with van der Waals surface area (Å²) < 4.78 is 0. The Hall–Kier alpha value is -3.24. The van der Waals surface area contributed by atoms with Crippen molar-refractivity contribution in [3.05, 3.63) is 105 Å². The number of para-hydroxylation sites is 1. The number of hydrogen-bond donors (Lipinski definition) is 1. The van der Waals surface area contributed by atoms with Crippen LogP contribution >= 0.6 is 35.0 Å². The van der Waals surface area contributed by atoms with Gasteiger partial charge in [-0.05, 0) is 49.2 Å². The van der Waals surface area contributed by atoms with Gasteiger partial charge in [0.15, 0.2) is 0 Å². The van der Waals surface area contributed by atoms with Gasteiger partial charge in [0, 0.05) is 10.7 Å². The summed E-state index contributed by atoms with van der Waals surface area (Å²) in [5.74, 6) is -0.858. The molecule has 3 aromatic rings. The highest BCUT2D eigenvalue weighted by atomic mass is 35.5. The number of halogens is 2. The van der Waals surface area contributed by atoms with Crippen molar-refractivity contribution >= 4 is 58.2 Å². The number of benzene rings is 3. The van der Waals surface area contributed by atoms with Crippen LogP contribution in [0.15, 0.2) is 83.4 Å². The van der Waals surface area contributed by atoms with Crippen LogP contribution in [0.5, 0.6) is 0 Å². The topological polar surface area (TPSA) is 73.2 Å². The van der Waals surface area contributed by atoms with E-state index in [0.29, 0.717) is 27.8 Å². The zero-order chi connectivity index (χ0) is 24.2. The molecule has 0 saturated carbocycles.